The molecule has 5 rings (SSSR count). The lowest BCUT2D eigenvalue weighted by Gasteiger charge is -2.22. The molecule has 3 aliphatic heterocycles. The van der Waals surface area contributed by atoms with Crippen LogP contribution in [0.5, 0.6) is 23.0 Å². The normalized spacial score (nSPS) is 20.9. The third kappa shape index (κ3) is 4.29. The molecule has 174 valence electrons. The molecular weight excluding hydrogens is 424 g/mol. The van der Waals surface area contributed by atoms with E-state index in [0.717, 1.165) is 29.0 Å². The van der Waals surface area contributed by atoms with E-state index in [2.05, 4.69) is 5.32 Å². The minimum atomic E-state index is -0.424. The fourth-order valence-electron chi connectivity index (χ4n) is 4.57. The van der Waals surface area contributed by atoms with Gasteiger partial charge in [0.25, 0.3) is 0 Å². The minimum absolute atomic E-state index is 0.0817. The van der Waals surface area contributed by atoms with E-state index in [-0.39, 0.29) is 24.3 Å². The monoisotopic (exact) mass is 452 g/mol. The largest absolute Gasteiger partial charge is 0.494 e. The smallest absolute Gasteiger partial charge is 0.227 e. The first-order valence-electron chi connectivity index (χ1n) is 11.4. The van der Waals surface area contributed by atoms with Crippen LogP contribution in [0, 0.1) is 5.92 Å². The SMILES string of the molecule is CCOc1cc2c(cc1CNC(=O)C1CC(=O)N(c3ccc4c(c3)OCCO4)C1)OC(C)C2. The summed E-state index contributed by atoms with van der Waals surface area (Å²) >= 11 is 0. The van der Waals surface area contributed by atoms with Crippen molar-refractivity contribution in [3.05, 3.63) is 41.5 Å². The summed E-state index contributed by atoms with van der Waals surface area (Å²) in [5.41, 5.74) is 2.70. The van der Waals surface area contributed by atoms with Crippen molar-refractivity contribution in [2.45, 2.75) is 39.3 Å². The summed E-state index contributed by atoms with van der Waals surface area (Å²) < 4.78 is 22.8. The van der Waals surface area contributed by atoms with Gasteiger partial charge in [-0.05, 0) is 38.1 Å². The third-order valence-electron chi connectivity index (χ3n) is 6.17. The summed E-state index contributed by atoms with van der Waals surface area (Å²) in [5, 5.41) is 2.99. The minimum Gasteiger partial charge on any atom is -0.494 e. The van der Waals surface area contributed by atoms with Gasteiger partial charge in [-0.15, -0.1) is 0 Å². The molecule has 3 heterocycles. The second-order valence-electron chi connectivity index (χ2n) is 8.58. The van der Waals surface area contributed by atoms with Crippen LogP contribution < -0.4 is 29.2 Å². The lowest BCUT2D eigenvalue weighted by atomic mass is 10.1. The van der Waals surface area contributed by atoms with Crippen LogP contribution in [0.25, 0.3) is 0 Å². The molecule has 1 N–H and O–H groups in total. The molecule has 2 aromatic carbocycles. The zero-order valence-corrected chi connectivity index (χ0v) is 18.9. The molecule has 2 unspecified atom stereocenters. The number of rotatable bonds is 6. The Morgan fingerprint density at radius 1 is 1.12 bits per heavy atom. The number of anilines is 1. The Labute approximate surface area is 192 Å². The number of carbonyl (C=O) groups excluding carboxylic acids is 2. The average Bonchev–Trinajstić information content (AvgIpc) is 3.38. The number of amides is 2. The van der Waals surface area contributed by atoms with Crippen LogP contribution in [-0.4, -0.2) is 44.3 Å². The number of fused-ring (bicyclic) bond motifs is 2. The first-order chi connectivity index (χ1) is 16.0. The molecule has 2 aromatic rings. The highest BCUT2D eigenvalue weighted by atomic mass is 16.6. The van der Waals surface area contributed by atoms with E-state index < -0.39 is 5.92 Å². The van der Waals surface area contributed by atoms with Crippen molar-refractivity contribution in [1.82, 2.24) is 5.32 Å². The molecule has 1 saturated heterocycles. The first kappa shape index (κ1) is 21.4. The Bertz CT molecular complexity index is 1080. The molecule has 0 spiro atoms. The molecule has 0 saturated carbocycles. The maximum Gasteiger partial charge on any atom is 0.227 e. The number of carbonyl (C=O) groups is 2. The van der Waals surface area contributed by atoms with E-state index in [1.807, 2.05) is 32.0 Å². The van der Waals surface area contributed by atoms with Gasteiger partial charge in [-0.3, -0.25) is 9.59 Å². The standard InChI is InChI=1S/C25H28N2O6/c1-3-30-21-9-16-8-15(2)33-22(16)10-17(21)13-26-25(29)18-11-24(28)27(14-18)19-4-5-20-23(12-19)32-7-6-31-20/h4-5,9-10,12,15,18H,3,6-8,11,13-14H2,1-2H3,(H,26,29). The van der Waals surface area contributed by atoms with Crippen molar-refractivity contribution < 1.29 is 28.5 Å². The second kappa shape index (κ2) is 8.84. The van der Waals surface area contributed by atoms with Gasteiger partial charge in [0.1, 0.15) is 30.8 Å². The van der Waals surface area contributed by atoms with Gasteiger partial charge in [0.2, 0.25) is 11.8 Å². The summed E-state index contributed by atoms with van der Waals surface area (Å²) in [6.45, 7) is 6.14. The maximum atomic E-state index is 12.9. The maximum absolute atomic E-state index is 12.9. The number of hydrogen-bond acceptors (Lipinski definition) is 6. The van der Waals surface area contributed by atoms with Gasteiger partial charge in [-0.2, -0.15) is 0 Å². The molecule has 0 aromatic heterocycles. The Morgan fingerprint density at radius 2 is 1.94 bits per heavy atom. The van der Waals surface area contributed by atoms with Gasteiger partial charge >= 0.3 is 0 Å². The molecule has 3 aliphatic rings. The number of nitrogens with one attached hydrogen (secondary N) is 1. The van der Waals surface area contributed by atoms with Crippen molar-refractivity contribution in [3.8, 4) is 23.0 Å². The van der Waals surface area contributed by atoms with E-state index in [4.69, 9.17) is 18.9 Å². The highest BCUT2D eigenvalue weighted by Gasteiger charge is 2.35. The average molecular weight is 453 g/mol. The zero-order chi connectivity index (χ0) is 22.9. The molecule has 1 fully saturated rings. The molecule has 33 heavy (non-hydrogen) atoms. The van der Waals surface area contributed by atoms with E-state index in [1.165, 1.54) is 0 Å². The van der Waals surface area contributed by atoms with Crippen LogP contribution in [0.1, 0.15) is 31.4 Å². The van der Waals surface area contributed by atoms with Crippen LogP contribution >= 0.6 is 0 Å². The van der Waals surface area contributed by atoms with Gasteiger partial charge in [-0.1, -0.05) is 0 Å². The van der Waals surface area contributed by atoms with E-state index in [1.54, 1.807) is 17.0 Å². The molecule has 2 atom stereocenters. The number of hydrogen-bond donors (Lipinski definition) is 1. The lowest BCUT2D eigenvalue weighted by Crippen LogP contribution is -2.32. The van der Waals surface area contributed by atoms with Crippen molar-refractivity contribution in [3.63, 3.8) is 0 Å². The number of nitrogens with zero attached hydrogens (tertiary/aromatic N) is 1. The Morgan fingerprint density at radius 3 is 2.76 bits per heavy atom. The predicted molar refractivity (Wildman–Crippen MR) is 121 cm³/mol. The van der Waals surface area contributed by atoms with Crippen molar-refractivity contribution in [1.29, 1.82) is 0 Å². The topological polar surface area (TPSA) is 86.3 Å². The summed E-state index contributed by atoms with van der Waals surface area (Å²) in [6, 6.07) is 9.38. The lowest BCUT2D eigenvalue weighted by molar-refractivity contribution is -0.126. The van der Waals surface area contributed by atoms with Crippen molar-refractivity contribution >= 4 is 17.5 Å². The van der Waals surface area contributed by atoms with Gasteiger partial charge in [0.15, 0.2) is 11.5 Å². The molecule has 0 bridgehead atoms. The van der Waals surface area contributed by atoms with Crippen molar-refractivity contribution in [2.24, 2.45) is 5.92 Å². The third-order valence-corrected chi connectivity index (χ3v) is 6.17. The van der Waals surface area contributed by atoms with Gasteiger partial charge in [0.05, 0.1) is 12.5 Å². The van der Waals surface area contributed by atoms with Crippen LogP contribution in [-0.2, 0) is 22.6 Å². The van der Waals surface area contributed by atoms with Gasteiger partial charge in [-0.25, -0.2) is 0 Å². The summed E-state index contributed by atoms with van der Waals surface area (Å²) in [7, 11) is 0. The Balaban J connectivity index is 1.25. The number of benzene rings is 2. The van der Waals surface area contributed by atoms with Crippen LogP contribution in [0.4, 0.5) is 5.69 Å². The van der Waals surface area contributed by atoms with Crippen LogP contribution in [0.15, 0.2) is 30.3 Å². The van der Waals surface area contributed by atoms with E-state index in [0.29, 0.717) is 50.1 Å². The van der Waals surface area contributed by atoms with E-state index >= 15 is 0 Å². The van der Waals surface area contributed by atoms with E-state index in [9.17, 15) is 9.59 Å². The van der Waals surface area contributed by atoms with Crippen LogP contribution in [0.2, 0.25) is 0 Å². The van der Waals surface area contributed by atoms with Gasteiger partial charge < -0.3 is 29.2 Å². The summed E-state index contributed by atoms with van der Waals surface area (Å²) in [4.78, 5) is 27.2. The predicted octanol–water partition coefficient (Wildman–Crippen LogP) is 2.85. The zero-order valence-electron chi connectivity index (χ0n) is 18.9. The molecule has 2 amide bonds. The molecule has 8 heteroatoms. The highest BCUT2D eigenvalue weighted by Crippen LogP contribution is 2.37. The number of ether oxygens (including phenoxy) is 4. The fraction of sp³-hybridized carbons (Fsp3) is 0.440. The van der Waals surface area contributed by atoms with Crippen molar-refractivity contribution in [2.75, 3.05) is 31.3 Å². The fourth-order valence-corrected chi connectivity index (χ4v) is 4.57. The highest BCUT2D eigenvalue weighted by molar-refractivity contribution is 6.00. The molecule has 0 aliphatic carbocycles. The second-order valence-corrected chi connectivity index (χ2v) is 8.58. The quantitative estimate of drug-likeness (QED) is 0.726. The molecule has 8 nitrogen and oxygen atoms in total. The molecular formula is C25H28N2O6. The first-order valence-corrected chi connectivity index (χ1v) is 11.4. The summed E-state index contributed by atoms with van der Waals surface area (Å²) in [5.74, 6) is 2.24. The molecule has 0 radical (unpaired) electrons. The van der Waals surface area contributed by atoms with Crippen LogP contribution in [0.3, 0.4) is 0 Å². The Hall–Kier alpha value is -3.42. The summed E-state index contributed by atoms with van der Waals surface area (Å²) in [6.07, 6.45) is 1.15. The Kier molecular flexibility index (Phi) is 5.74. The van der Waals surface area contributed by atoms with Gasteiger partial charge in [0, 0.05) is 48.8 Å².